The predicted molar refractivity (Wildman–Crippen MR) is 113 cm³/mol. The summed E-state index contributed by atoms with van der Waals surface area (Å²) >= 11 is 1.30. The molecule has 1 saturated heterocycles. The Hall–Kier alpha value is -2.93. The number of hydrogen-bond acceptors (Lipinski definition) is 9. The van der Waals surface area contributed by atoms with Crippen molar-refractivity contribution in [3.8, 4) is 0 Å². The molecule has 0 aliphatic carbocycles. The van der Waals surface area contributed by atoms with E-state index in [2.05, 4.69) is 9.97 Å². The van der Waals surface area contributed by atoms with E-state index in [4.69, 9.17) is 16.2 Å². The Morgan fingerprint density at radius 2 is 2.03 bits per heavy atom. The van der Waals surface area contributed by atoms with Crippen LogP contribution in [0.2, 0.25) is 0 Å². The van der Waals surface area contributed by atoms with E-state index in [1.807, 2.05) is 34.5 Å². The molecule has 3 aromatic rings. The summed E-state index contributed by atoms with van der Waals surface area (Å²) in [5.41, 5.74) is 13.0. The predicted octanol–water partition coefficient (Wildman–Crippen LogP) is 1.36. The lowest BCUT2D eigenvalue weighted by Crippen LogP contribution is -2.43. The van der Waals surface area contributed by atoms with Crippen molar-refractivity contribution in [3.63, 3.8) is 0 Å². The monoisotopic (exact) mass is 462 g/mol. The Morgan fingerprint density at radius 1 is 1.25 bits per heavy atom. The minimum absolute atomic E-state index is 0.0127. The van der Waals surface area contributed by atoms with Crippen molar-refractivity contribution in [3.05, 3.63) is 69.2 Å². The van der Waals surface area contributed by atoms with E-state index in [-0.39, 0.29) is 18.4 Å². The fourth-order valence-electron chi connectivity index (χ4n) is 4.35. The number of nitrogen functional groups attached to an aromatic ring is 2. The van der Waals surface area contributed by atoms with Gasteiger partial charge in [-0.25, -0.2) is 9.78 Å². The van der Waals surface area contributed by atoms with Crippen LogP contribution in [0.1, 0.15) is 29.1 Å². The van der Waals surface area contributed by atoms with Gasteiger partial charge < -0.3 is 21.3 Å². The smallest absolute Gasteiger partial charge is 0.351 e. The van der Waals surface area contributed by atoms with E-state index >= 15 is 0 Å². The highest BCUT2D eigenvalue weighted by Crippen LogP contribution is 2.45. The zero-order valence-corrected chi connectivity index (χ0v) is 17.5. The number of aliphatic hydroxyl groups is 1. The maximum atomic E-state index is 14.9. The number of halogens is 2. The molecule has 0 bridgehead atoms. The number of anilines is 2. The molecule has 9 nitrogen and oxygen atoms in total. The lowest BCUT2D eigenvalue weighted by atomic mass is 10.0. The zero-order valence-electron chi connectivity index (χ0n) is 16.6. The minimum Gasteiger partial charge on any atom is -0.384 e. The fourth-order valence-corrected chi connectivity index (χ4v) is 4.93. The first-order valence-electron chi connectivity index (χ1n) is 9.84. The molecular formula is C20H20F2N6O3S. The van der Waals surface area contributed by atoms with Crippen molar-refractivity contribution in [1.82, 2.24) is 19.4 Å². The van der Waals surface area contributed by atoms with Crippen molar-refractivity contribution in [2.45, 2.75) is 36.9 Å². The van der Waals surface area contributed by atoms with Crippen LogP contribution in [0.15, 0.2) is 46.7 Å². The molecule has 32 heavy (non-hydrogen) atoms. The number of nitrogens with two attached hydrogens (primary N) is 2. The molecule has 1 aromatic carbocycles. The highest BCUT2D eigenvalue weighted by Gasteiger charge is 2.60. The average molecular weight is 462 g/mol. The number of thiazole rings is 1. The quantitative estimate of drug-likeness (QED) is 0.530. The molecule has 0 spiro atoms. The van der Waals surface area contributed by atoms with Gasteiger partial charge >= 0.3 is 11.6 Å². The van der Waals surface area contributed by atoms with Crippen LogP contribution in [-0.2, 0) is 11.3 Å². The van der Waals surface area contributed by atoms with Gasteiger partial charge in [-0.3, -0.25) is 9.47 Å². The SMILES string of the molecule is Nc1ccn([C@@H]2O[C@H](CN3Cc4ccccc4C3c3csc(N)n3)[C@@H](O)C2(F)F)c(=O)n1. The van der Waals surface area contributed by atoms with Crippen LogP contribution in [-0.4, -0.2) is 49.2 Å². The third-order valence-electron chi connectivity index (χ3n) is 5.81. The van der Waals surface area contributed by atoms with Gasteiger partial charge in [0.05, 0.1) is 11.7 Å². The van der Waals surface area contributed by atoms with E-state index in [0.29, 0.717) is 21.9 Å². The zero-order chi connectivity index (χ0) is 22.6. The Labute approximate surface area is 184 Å². The van der Waals surface area contributed by atoms with E-state index in [0.717, 1.165) is 17.3 Å². The topological polar surface area (TPSA) is 133 Å². The summed E-state index contributed by atoms with van der Waals surface area (Å²) in [6.45, 7) is 0.450. The summed E-state index contributed by atoms with van der Waals surface area (Å²) in [5, 5.41) is 12.7. The Bertz CT molecular complexity index is 1220. The molecule has 12 heteroatoms. The van der Waals surface area contributed by atoms with Crippen LogP contribution >= 0.6 is 11.3 Å². The molecule has 2 aromatic heterocycles. The van der Waals surface area contributed by atoms with Gasteiger partial charge in [0.15, 0.2) is 5.13 Å². The molecule has 0 amide bonds. The third-order valence-corrected chi connectivity index (χ3v) is 6.50. The van der Waals surface area contributed by atoms with Gasteiger partial charge in [-0.15, -0.1) is 11.3 Å². The van der Waals surface area contributed by atoms with E-state index in [1.165, 1.54) is 17.4 Å². The number of aromatic nitrogens is 3. The van der Waals surface area contributed by atoms with Crippen molar-refractivity contribution < 1.29 is 18.6 Å². The first-order valence-corrected chi connectivity index (χ1v) is 10.7. The van der Waals surface area contributed by atoms with Crippen LogP contribution in [0.3, 0.4) is 0 Å². The second kappa shape index (κ2) is 7.59. The number of benzene rings is 1. The summed E-state index contributed by atoms with van der Waals surface area (Å²) in [5.74, 6) is -3.80. The Balaban J connectivity index is 1.45. The number of fused-ring (bicyclic) bond motifs is 1. The maximum Gasteiger partial charge on any atom is 0.351 e. The molecule has 2 aliphatic rings. The maximum absolute atomic E-state index is 14.9. The second-order valence-corrected chi connectivity index (χ2v) is 8.72. The summed E-state index contributed by atoms with van der Waals surface area (Å²) < 4.78 is 36.1. The number of alkyl halides is 2. The first kappa shape index (κ1) is 20.9. The van der Waals surface area contributed by atoms with Crippen LogP contribution in [0.4, 0.5) is 19.7 Å². The molecule has 4 atom stereocenters. The number of rotatable bonds is 4. The lowest BCUT2D eigenvalue weighted by Gasteiger charge is -2.27. The average Bonchev–Trinajstić information content (AvgIpc) is 3.38. The molecule has 1 fully saturated rings. The number of ether oxygens (including phenoxy) is 1. The highest BCUT2D eigenvalue weighted by atomic mass is 32.1. The van der Waals surface area contributed by atoms with E-state index < -0.39 is 30.0 Å². The van der Waals surface area contributed by atoms with Crippen LogP contribution in [0.25, 0.3) is 0 Å². The standard InChI is InChI=1S/C20H20F2N6O3S/c21-20(22)16(29)13(31-17(20)28-6-5-14(23)26-19(28)30)8-27-7-10-3-1-2-4-11(10)15(27)12-9-32-18(24)25-12/h1-6,9,13,15-17,29H,7-8H2,(H2,24,25)(H2,23,26,30)/t13-,15?,16-,17-/m1/s1. The fraction of sp³-hybridized carbons (Fsp3) is 0.350. The molecule has 2 aliphatic heterocycles. The molecule has 1 unspecified atom stereocenters. The summed E-state index contributed by atoms with van der Waals surface area (Å²) in [7, 11) is 0. The van der Waals surface area contributed by atoms with Crippen molar-refractivity contribution in [1.29, 1.82) is 0 Å². The highest BCUT2D eigenvalue weighted by molar-refractivity contribution is 7.13. The van der Waals surface area contributed by atoms with Crippen molar-refractivity contribution in [2.24, 2.45) is 0 Å². The Morgan fingerprint density at radius 3 is 2.75 bits per heavy atom. The van der Waals surface area contributed by atoms with Gasteiger partial charge in [-0.05, 0) is 17.2 Å². The van der Waals surface area contributed by atoms with Gasteiger partial charge in [0.1, 0.15) is 18.0 Å². The summed E-state index contributed by atoms with van der Waals surface area (Å²) in [6, 6.07) is 8.63. The van der Waals surface area contributed by atoms with E-state index in [9.17, 15) is 18.7 Å². The molecule has 5 rings (SSSR count). The molecular weight excluding hydrogens is 442 g/mol. The van der Waals surface area contributed by atoms with Gasteiger partial charge in [-0.2, -0.15) is 13.8 Å². The molecule has 0 radical (unpaired) electrons. The van der Waals surface area contributed by atoms with Crippen LogP contribution in [0, 0.1) is 0 Å². The van der Waals surface area contributed by atoms with Crippen LogP contribution in [0.5, 0.6) is 0 Å². The third kappa shape index (κ3) is 3.35. The molecule has 5 N–H and O–H groups in total. The molecule has 4 heterocycles. The van der Waals surface area contributed by atoms with Crippen LogP contribution < -0.4 is 17.2 Å². The normalized spacial score (nSPS) is 27.0. The Kier molecular flexibility index (Phi) is 4.97. The number of aliphatic hydroxyl groups excluding tert-OH is 1. The second-order valence-electron chi connectivity index (χ2n) is 7.83. The van der Waals surface area contributed by atoms with Gasteiger partial charge in [0.2, 0.25) is 6.23 Å². The lowest BCUT2D eigenvalue weighted by molar-refractivity contribution is -0.140. The largest absolute Gasteiger partial charge is 0.384 e. The number of nitrogens with zero attached hydrogens (tertiary/aromatic N) is 4. The van der Waals surface area contributed by atoms with Gasteiger partial charge in [0.25, 0.3) is 0 Å². The first-order chi connectivity index (χ1) is 15.3. The van der Waals surface area contributed by atoms with E-state index in [1.54, 1.807) is 0 Å². The molecule has 0 saturated carbocycles. The minimum atomic E-state index is -3.71. The van der Waals surface area contributed by atoms with Crippen molar-refractivity contribution >= 4 is 22.3 Å². The van der Waals surface area contributed by atoms with Crippen molar-refractivity contribution in [2.75, 3.05) is 18.0 Å². The number of hydrogen-bond donors (Lipinski definition) is 3. The van der Waals surface area contributed by atoms with Gasteiger partial charge in [-0.1, -0.05) is 24.3 Å². The summed E-state index contributed by atoms with van der Waals surface area (Å²) in [6.07, 6.45) is -4.29. The summed E-state index contributed by atoms with van der Waals surface area (Å²) in [4.78, 5) is 21.9. The molecule has 168 valence electrons. The van der Waals surface area contributed by atoms with Gasteiger partial charge in [0, 0.05) is 24.7 Å².